The second kappa shape index (κ2) is 6.18. The van der Waals surface area contributed by atoms with E-state index in [1.165, 1.54) is 24.8 Å². The van der Waals surface area contributed by atoms with Crippen molar-refractivity contribution in [2.75, 3.05) is 6.54 Å². The maximum Gasteiger partial charge on any atom is 0.106 e. The highest BCUT2D eigenvalue weighted by atomic mass is 15.1. The van der Waals surface area contributed by atoms with Crippen molar-refractivity contribution in [1.82, 2.24) is 14.9 Å². The van der Waals surface area contributed by atoms with Gasteiger partial charge in [-0.1, -0.05) is 26.0 Å². The van der Waals surface area contributed by atoms with Crippen molar-refractivity contribution in [3.8, 4) is 0 Å². The lowest BCUT2D eigenvalue weighted by Gasteiger charge is -2.32. The average molecular weight is 285 g/mol. The van der Waals surface area contributed by atoms with Gasteiger partial charge in [-0.2, -0.15) is 0 Å². The fraction of sp³-hybridized carbons (Fsp3) is 0.611. The Balaban J connectivity index is 1.61. The van der Waals surface area contributed by atoms with E-state index in [1.807, 2.05) is 0 Å². The normalized spacial score (nSPS) is 26.3. The molecule has 1 heterocycles. The summed E-state index contributed by atoms with van der Waals surface area (Å²) in [6.07, 6.45) is 4.05. The van der Waals surface area contributed by atoms with Crippen LogP contribution in [0.25, 0.3) is 11.0 Å². The van der Waals surface area contributed by atoms with Crippen molar-refractivity contribution in [2.45, 2.75) is 52.6 Å². The van der Waals surface area contributed by atoms with Gasteiger partial charge in [-0.25, -0.2) is 4.98 Å². The number of benzene rings is 1. The molecule has 1 aliphatic rings. The van der Waals surface area contributed by atoms with E-state index in [9.17, 15) is 0 Å². The number of para-hydroxylation sites is 2. The quantitative estimate of drug-likeness (QED) is 0.927. The zero-order valence-corrected chi connectivity index (χ0v) is 13.5. The van der Waals surface area contributed by atoms with Crippen LogP contribution in [0.2, 0.25) is 0 Å². The van der Waals surface area contributed by atoms with E-state index in [0.29, 0.717) is 6.04 Å². The first kappa shape index (κ1) is 14.6. The predicted molar refractivity (Wildman–Crippen MR) is 88.4 cm³/mol. The van der Waals surface area contributed by atoms with E-state index in [-0.39, 0.29) is 0 Å². The number of aromatic nitrogens is 2. The number of nitrogens with one attached hydrogen (secondary N) is 1. The van der Waals surface area contributed by atoms with Gasteiger partial charge in [0.2, 0.25) is 0 Å². The van der Waals surface area contributed by atoms with Crippen LogP contribution in [0, 0.1) is 18.8 Å². The standard InChI is InChI=1S/C18H27N3/c1-13-10-14(2)12-16(11-13)19-8-9-21-15(3)20-17-6-4-5-7-18(17)21/h4-7,13-14,16,19H,8-12H2,1-3H3. The molecule has 0 saturated heterocycles. The minimum Gasteiger partial charge on any atom is -0.327 e. The topological polar surface area (TPSA) is 29.9 Å². The second-order valence-electron chi connectivity index (χ2n) is 6.87. The minimum atomic E-state index is 0.693. The number of aryl methyl sites for hydroxylation is 1. The van der Waals surface area contributed by atoms with Gasteiger partial charge in [-0.05, 0) is 50.2 Å². The zero-order chi connectivity index (χ0) is 14.8. The first-order valence-corrected chi connectivity index (χ1v) is 8.28. The van der Waals surface area contributed by atoms with Gasteiger partial charge in [-0.3, -0.25) is 0 Å². The molecular weight excluding hydrogens is 258 g/mol. The van der Waals surface area contributed by atoms with Gasteiger partial charge < -0.3 is 9.88 Å². The van der Waals surface area contributed by atoms with Crippen molar-refractivity contribution >= 4 is 11.0 Å². The first-order chi connectivity index (χ1) is 10.1. The van der Waals surface area contributed by atoms with Crippen LogP contribution >= 0.6 is 0 Å². The monoisotopic (exact) mass is 285 g/mol. The first-order valence-electron chi connectivity index (χ1n) is 8.28. The van der Waals surface area contributed by atoms with Crippen LogP contribution in [0.3, 0.4) is 0 Å². The highest BCUT2D eigenvalue weighted by Gasteiger charge is 2.23. The molecule has 2 unspecified atom stereocenters. The summed E-state index contributed by atoms with van der Waals surface area (Å²) in [5, 5.41) is 3.76. The number of nitrogens with zero attached hydrogens (tertiary/aromatic N) is 2. The smallest absolute Gasteiger partial charge is 0.106 e. The molecular formula is C18H27N3. The second-order valence-corrected chi connectivity index (χ2v) is 6.87. The summed E-state index contributed by atoms with van der Waals surface area (Å²) in [6.45, 7) is 8.91. The van der Waals surface area contributed by atoms with Crippen molar-refractivity contribution in [2.24, 2.45) is 11.8 Å². The molecule has 2 atom stereocenters. The van der Waals surface area contributed by atoms with Gasteiger partial charge in [0.1, 0.15) is 5.82 Å². The molecule has 0 amide bonds. The molecule has 2 aromatic rings. The Morgan fingerprint density at radius 1 is 1.14 bits per heavy atom. The molecule has 1 aliphatic carbocycles. The van der Waals surface area contributed by atoms with Crippen molar-refractivity contribution in [1.29, 1.82) is 0 Å². The molecule has 0 bridgehead atoms. The van der Waals surface area contributed by atoms with Gasteiger partial charge in [0.25, 0.3) is 0 Å². The van der Waals surface area contributed by atoms with E-state index in [4.69, 9.17) is 0 Å². The molecule has 0 spiro atoms. The molecule has 0 radical (unpaired) electrons. The zero-order valence-electron chi connectivity index (χ0n) is 13.5. The molecule has 114 valence electrons. The van der Waals surface area contributed by atoms with Gasteiger partial charge in [0.15, 0.2) is 0 Å². The summed E-state index contributed by atoms with van der Waals surface area (Å²) in [5.74, 6) is 2.84. The van der Waals surface area contributed by atoms with Gasteiger partial charge >= 0.3 is 0 Å². The van der Waals surface area contributed by atoms with Crippen LogP contribution in [0.4, 0.5) is 0 Å². The number of hydrogen-bond acceptors (Lipinski definition) is 2. The maximum atomic E-state index is 4.64. The molecule has 3 rings (SSSR count). The Labute approximate surface area is 127 Å². The predicted octanol–water partition coefficient (Wildman–Crippen LogP) is 3.76. The highest BCUT2D eigenvalue weighted by molar-refractivity contribution is 5.75. The summed E-state index contributed by atoms with van der Waals surface area (Å²) in [7, 11) is 0. The van der Waals surface area contributed by atoms with E-state index in [0.717, 1.165) is 36.3 Å². The Bertz CT molecular complexity index is 592. The lowest BCUT2D eigenvalue weighted by atomic mass is 9.80. The Morgan fingerprint density at radius 2 is 1.86 bits per heavy atom. The average Bonchev–Trinajstić information content (AvgIpc) is 2.74. The van der Waals surface area contributed by atoms with E-state index in [2.05, 4.69) is 59.9 Å². The van der Waals surface area contributed by atoms with Crippen molar-refractivity contribution in [3.63, 3.8) is 0 Å². The summed E-state index contributed by atoms with van der Waals surface area (Å²) in [6, 6.07) is 9.11. The Kier molecular flexibility index (Phi) is 4.29. The van der Waals surface area contributed by atoms with E-state index >= 15 is 0 Å². The minimum absolute atomic E-state index is 0.693. The number of imidazole rings is 1. The third-order valence-electron chi connectivity index (χ3n) is 4.79. The molecule has 1 saturated carbocycles. The number of rotatable bonds is 4. The molecule has 1 fully saturated rings. The molecule has 3 heteroatoms. The van der Waals surface area contributed by atoms with E-state index in [1.54, 1.807) is 0 Å². The van der Waals surface area contributed by atoms with Crippen LogP contribution < -0.4 is 5.32 Å². The summed E-state index contributed by atoms with van der Waals surface area (Å²) in [4.78, 5) is 4.64. The van der Waals surface area contributed by atoms with Crippen LogP contribution in [-0.2, 0) is 6.54 Å². The Morgan fingerprint density at radius 3 is 2.62 bits per heavy atom. The fourth-order valence-corrected chi connectivity index (χ4v) is 3.97. The lowest BCUT2D eigenvalue weighted by Crippen LogP contribution is -2.38. The molecule has 21 heavy (non-hydrogen) atoms. The molecule has 1 N–H and O–H groups in total. The molecule has 3 nitrogen and oxygen atoms in total. The summed E-state index contributed by atoms with van der Waals surface area (Å²) < 4.78 is 2.33. The molecule has 1 aromatic heterocycles. The fourth-order valence-electron chi connectivity index (χ4n) is 3.97. The summed E-state index contributed by atoms with van der Waals surface area (Å²) in [5.41, 5.74) is 2.36. The third kappa shape index (κ3) is 3.29. The number of hydrogen-bond donors (Lipinski definition) is 1. The van der Waals surface area contributed by atoms with Crippen molar-refractivity contribution < 1.29 is 0 Å². The van der Waals surface area contributed by atoms with Crippen LogP contribution in [-0.4, -0.2) is 22.1 Å². The van der Waals surface area contributed by atoms with Crippen LogP contribution in [0.1, 0.15) is 38.9 Å². The van der Waals surface area contributed by atoms with E-state index < -0.39 is 0 Å². The van der Waals surface area contributed by atoms with Crippen LogP contribution in [0.5, 0.6) is 0 Å². The van der Waals surface area contributed by atoms with Crippen LogP contribution in [0.15, 0.2) is 24.3 Å². The summed E-state index contributed by atoms with van der Waals surface area (Å²) >= 11 is 0. The van der Waals surface area contributed by atoms with Gasteiger partial charge in [0.05, 0.1) is 11.0 Å². The third-order valence-corrected chi connectivity index (χ3v) is 4.79. The molecule has 1 aromatic carbocycles. The lowest BCUT2D eigenvalue weighted by molar-refractivity contribution is 0.238. The maximum absolute atomic E-state index is 4.64. The largest absolute Gasteiger partial charge is 0.327 e. The number of fused-ring (bicyclic) bond motifs is 1. The SMILES string of the molecule is Cc1nc2ccccc2n1CCNC1CC(C)CC(C)C1. The van der Waals surface area contributed by atoms with Gasteiger partial charge in [-0.15, -0.1) is 0 Å². The Hall–Kier alpha value is -1.35. The van der Waals surface area contributed by atoms with Crippen molar-refractivity contribution in [3.05, 3.63) is 30.1 Å². The highest BCUT2D eigenvalue weighted by Crippen LogP contribution is 2.28. The van der Waals surface area contributed by atoms with Gasteiger partial charge in [0, 0.05) is 19.1 Å². The molecule has 0 aliphatic heterocycles.